The summed E-state index contributed by atoms with van der Waals surface area (Å²) < 4.78 is 13.1. The summed E-state index contributed by atoms with van der Waals surface area (Å²) in [6.45, 7) is 6.04. The molecule has 0 amide bonds. The van der Waals surface area contributed by atoms with Crippen molar-refractivity contribution in [1.29, 1.82) is 0 Å². The van der Waals surface area contributed by atoms with Crippen LogP contribution in [0.25, 0.3) is 11.3 Å². The molecule has 3 heterocycles. The number of hydrogen-bond acceptors (Lipinski definition) is 6. The molecule has 0 aliphatic carbocycles. The van der Waals surface area contributed by atoms with Gasteiger partial charge in [-0.2, -0.15) is 0 Å². The van der Waals surface area contributed by atoms with E-state index in [1.807, 2.05) is 27.3 Å². The van der Waals surface area contributed by atoms with Crippen LogP contribution in [0.1, 0.15) is 12.8 Å². The van der Waals surface area contributed by atoms with Crippen LogP contribution in [-0.2, 0) is 0 Å². The van der Waals surface area contributed by atoms with Crippen LogP contribution in [0.15, 0.2) is 73.3 Å². The molecule has 1 aromatic carbocycles. The van der Waals surface area contributed by atoms with E-state index in [1.54, 1.807) is 6.07 Å². The molecule has 7 heteroatoms. The highest BCUT2D eigenvalue weighted by Crippen LogP contribution is 2.27. The van der Waals surface area contributed by atoms with Gasteiger partial charge in [-0.3, -0.25) is 4.98 Å². The molecule has 0 bridgehead atoms. The standard InChI is InChI=1S/C26H31FN6/c1-19(30-26-13-10-21(27)16-29-26)32(4)24-9-6-14-33(18-24)23-11-12-25(28-17-23)20-7-5-8-22(15-20)31(2)3/h5,7-8,10-13,15-17,24H,1,6,9,14,18H2,2-4H3,(H,29,30)/t24-/m0/s1. The maximum absolute atomic E-state index is 13.1. The van der Waals surface area contributed by atoms with Gasteiger partial charge in [0, 0.05) is 51.5 Å². The van der Waals surface area contributed by atoms with Crippen LogP contribution in [0.5, 0.6) is 0 Å². The second kappa shape index (κ2) is 9.90. The van der Waals surface area contributed by atoms with E-state index < -0.39 is 0 Å². The van der Waals surface area contributed by atoms with E-state index in [2.05, 4.69) is 68.0 Å². The highest BCUT2D eigenvalue weighted by molar-refractivity contribution is 5.66. The highest BCUT2D eigenvalue weighted by atomic mass is 19.1. The Kier molecular flexibility index (Phi) is 6.77. The molecule has 0 spiro atoms. The molecule has 3 aromatic rings. The SMILES string of the molecule is C=C(Nc1ccc(F)cn1)N(C)[C@H]1CCCN(c2ccc(-c3cccc(N(C)C)c3)nc2)C1. The largest absolute Gasteiger partial charge is 0.378 e. The maximum Gasteiger partial charge on any atom is 0.141 e. The zero-order valence-electron chi connectivity index (χ0n) is 19.5. The summed E-state index contributed by atoms with van der Waals surface area (Å²) >= 11 is 0. The average Bonchev–Trinajstić information content (AvgIpc) is 2.85. The lowest BCUT2D eigenvalue weighted by Crippen LogP contribution is -2.47. The molecular weight excluding hydrogens is 415 g/mol. The monoisotopic (exact) mass is 446 g/mol. The predicted octanol–water partition coefficient (Wildman–Crippen LogP) is 4.83. The van der Waals surface area contributed by atoms with Gasteiger partial charge >= 0.3 is 0 Å². The first-order valence-electron chi connectivity index (χ1n) is 11.2. The Morgan fingerprint density at radius 3 is 2.64 bits per heavy atom. The summed E-state index contributed by atoms with van der Waals surface area (Å²) in [5.74, 6) is 0.974. The number of likely N-dealkylation sites (N-methyl/N-ethyl adjacent to an activating group) is 1. The third-order valence-corrected chi connectivity index (χ3v) is 6.14. The van der Waals surface area contributed by atoms with E-state index in [9.17, 15) is 4.39 Å². The first kappa shape index (κ1) is 22.6. The summed E-state index contributed by atoms with van der Waals surface area (Å²) in [6, 6.07) is 16.0. The summed E-state index contributed by atoms with van der Waals surface area (Å²) in [5, 5.41) is 3.18. The fourth-order valence-corrected chi connectivity index (χ4v) is 4.10. The number of piperidine rings is 1. The molecule has 1 N–H and O–H groups in total. The van der Waals surface area contributed by atoms with Gasteiger partial charge in [0.15, 0.2) is 0 Å². The first-order chi connectivity index (χ1) is 15.9. The molecule has 1 aliphatic rings. The van der Waals surface area contributed by atoms with Crippen molar-refractivity contribution in [1.82, 2.24) is 14.9 Å². The summed E-state index contributed by atoms with van der Waals surface area (Å²) in [5.41, 5.74) is 4.36. The van der Waals surface area contributed by atoms with E-state index in [0.29, 0.717) is 11.9 Å². The minimum absolute atomic E-state index is 0.302. The number of aromatic nitrogens is 2. The maximum atomic E-state index is 13.1. The van der Waals surface area contributed by atoms with Crippen LogP contribution in [0.2, 0.25) is 0 Å². The van der Waals surface area contributed by atoms with Gasteiger partial charge < -0.3 is 20.0 Å². The minimum Gasteiger partial charge on any atom is -0.378 e. The van der Waals surface area contributed by atoms with Gasteiger partial charge in [0.2, 0.25) is 0 Å². The van der Waals surface area contributed by atoms with Crippen molar-refractivity contribution in [2.45, 2.75) is 18.9 Å². The third kappa shape index (κ3) is 5.42. The van der Waals surface area contributed by atoms with Crippen molar-refractivity contribution >= 4 is 17.2 Å². The molecule has 4 rings (SSSR count). The lowest BCUT2D eigenvalue weighted by molar-refractivity contribution is 0.269. The molecule has 33 heavy (non-hydrogen) atoms. The molecule has 1 aliphatic heterocycles. The second-order valence-corrected chi connectivity index (χ2v) is 8.63. The van der Waals surface area contributed by atoms with E-state index in [-0.39, 0.29) is 5.82 Å². The van der Waals surface area contributed by atoms with Gasteiger partial charge in [0.25, 0.3) is 0 Å². The Bertz CT molecular complexity index is 1080. The quantitative estimate of drug-likeness (QED) is 0.561. The lowest BCUT2D eigenvalue weighted by atomic mass is 10.0. The average molecular weight is 447 g/mol. The van der Waals surface area contributed by atoms with Crippen LogP contribution in [0, 0.1) is 5.82 Å². The molecule has 0 radical (unpaired) electrons. The fraction of sp³-hybridized carbons (Fsp3) is 0.308. The van der Waals surface area contributed by atoms with Gasteiger partial charge in [0.05, 0.1) is 29.6 Å². The zero-order chi connectivity index (χ0) is 23.4. The number of rotatable bonds is 7. The fourth-order valence-electron chi connectivity index (χ4n) is 4.10. The van der Waals surface area contributed by atoms with Crippen molar-refractivity contribution < 1.29 is 4.39 Å². The van der Waals surface area contributed by atoms with Crippen LogP contribution < -0.4 is 15.1 Å². The molecule has 1 saturated heterocycles. The number of nitrogens with zero attached hydrogens (tertiary/aromatic N) is 5. The molecule has 2 aromatic heterocycles. The molecule has 0 saturated carbocycles. The van der Waals surface area contributed by atoms with Crippen molar-refractivity contribution in [3.63, 3.8) is 0 Å². The molecule has 0 unspecified atom stereocenters. The van der Waals surface area contributed by atoms with Gasteiger partial charge in [-0.25, -0.2) is 9.37 Å². The Morgan fingerprint density at radius 2 is 1.94 bits per heavy atom. The van der Waals surface area contributed by atoms with Crippen LogP contribution in [0.3, 0.4) is 0 Å². The van der Waals surface area contributed by atoms with Gasteiger partial charge in [0.1, 0.15) is 11.6 Å². The second-order valence-electron chi connectivity index (χ2n) is 8.63. The molecular formula is C26H31FN6. The van der Waals surface area contributed by atoms with E-state index in [4.69, 9.17) is 4.98 Å². The topological polar surface area (TPSA) is 47.5 Å². The molecule has 1 atom stereocenters. The number of halogens is 1. The third-order valence-electron chi connectivity index (χ3n) is 6.14. The normalized spacial score (nSPS) is 15.8. The van der Waals surface area contributed by atoms with Crippen molar-refractivity contribution in [3.05, 3.63) is 79.1 Å². The molecule has 6 nitrogen and oxygen atoms in total. The zero-order valence-corrected chi connectivity index (χ0v) is 19.5. The van der Waals surface area contributed by atoms with Gasteiger partial charge in [-0.05, 0) is 49.2 Å². The number of pyridine rings is 2. The molecule has 172 valence electrons. The first-order valence-corrected chi connectivity index (χ1v) is 11.2. The van der Waals surface area contributed by atoms with Crippen LogP contribution >= 0.6 is 0 Å². The van der Waals surface area contributed by atoms with Crippen molar-refractivity contribution in [3.8, 4) is 11.3 Å². The Balaban J connectivity index is 1.41. The van der Waals surface area contributed by atoms with Gasteiger partial charge in [-0.1, -0.05) is 18.7 Å². The Labute approximate surface area is 195 Å². The Morgan fingerprint density at radius 1 is 1.09 bits per heavy atom. The van der Waals surface area contributed by atoms with E-state index >= 15 is 0 Å². The lowest BCUT2D eigenvalue weighted by Gasteiger charge is -2.40. The van der Waals surface area contributed by atoms with Crippen molar-refractivity contribution in [2.24, 2.45) is 0 Å². The van der Waals surface area contributed by atoms with E-state index in [0.717, 1.165) is 54.4 Å². The van der Waals surface area contributed by atoms with Crippen LogP contribution in [-0.4, -0.2) is 55.1 Å². The summed E-state index contributed by atoms with van der Waals surface area (Å²) in [7, 11) is 6.12. The summed E-state index contributed by atoms with van der Waals surface area (Å²) in [6.07, 6.45) is 5.33. The predicted molar refractivity (Wildman–Crippen MR) is 134 cm³/mol. The van der Waals surface area contributed by atoms with E-state index in [1.165, 1.54) is 12.3 Å². The van der Waals surface area contributed by atoms with Crippen molar-refractivity contribution in [2.75, 3.05) is 49.3 Å². The number of anilines is 3. The number of hydrogen-bond donors (Lipinski definition) is 1. The minimum atomic E-state index is -0.354. The Hall–Kier alpha value is -3.61. The smallest absolute Gasteiger partial charge is 0.141 e. The molecule has 1 fully saturated rings. The number of benzene rings is 1. The highest BCUT2D eigenvalue weighted by Gasteiger charge is 2.24. The summed E-state index contributed by atoms with van der Waals surface area (Å²) in [4.78, 5) is 15.4. The number of nitrogens with one attached hydrogen (secondary N) is 1. The van der Waals surface area contributed by atoms with Gasteiger partial charge in [-0.15, -0.1) is 0 Å². The van der Waals surface area contributed by atoms with Crippen LogP contribution in [0.4, 0.5) is 21.6 Å².